The van der Waals surface area contributed by atoms with Crippen molar-refractivity contribution < 1.29 is 13.2 Å². The minimum Gasteiger partial charge on any atom is -0.495 e. The van der Waals surface area contributed by atoms with Crippen molar-refractivity contribution in [3.05, 3.63) is 35.7 Å². The topological polar surface area (TPSA) is 73.2 Å². The summed E-state index contributed by atoms with van der Waals surface area (Å²) in [4.78, 5) is 0.171. The molecule has 0 bridgehead atoms. The van der Waals surface area contributed by atoms with Crippen molar-refractivity contribution in [2.75, 3.05) is 11.8 Å². The zero-order chi connectivity index (χ0) is 16.5. The number of rotatable bonds is 5. The zero-order valence-electron chi connectivity index (χ0n) is 13.4. The minimum atomic E-state index is -3.72. The molecular weight excluding hydrogens is 302 g/mol. The molecule has 22 heavy (non-hydrogen) atoms. The van der Waals surface area contributed by atoms with Crippen molar-refractivity contribution in [3.8, 4) is 5.75 Å². The van der Waals surface area contributed by atoms with E-state index in [1.807, 2.05) is 26.8 Å². The first-order valence-electron chi connectivity index (χ1n) is 6.98. The molecule has 2 aromatic rings. The van der Waals surface area contributed by atoms with Crippen LogP contribution in [0.5, 0.6) is 5.75 Å². The fourth-order valence-electron chi connectivity index (χ4n) is 2.09. The van der Waals surface area contributed by atoms with Crippen molar-refractivity contribution in [1.82, 2.24) is 9.78 Å². The normalized spacial score (nSPS) is 11.7. The van der Waals surface area contributed by atoms with Gasteiger partial charge in [0.25, 0.3) is 10.0 Å². The van der Waals surface area contributed by atoms with Gasteiger partial charge >= 0.3 is 0 Å². The quantitative estimate of drug-likeness (QED) is 0.918. The maximum absolute atomic E-state index is 12.6. The molecule has 0 radical (unpaired) electrons. The van der Waals surface area contributed by atoms with Crippen LogP contribution in [0.4, 0.5) is 5.69 Å². The number of aryl methyl sites for hydroxylation is 2. The number of benzene rings is 1. The van der Waals surface area contributed by atoms with Crippen molar-refractivity contribution >= 4 is 15.7 Å². The Morgan fingerprint density at radius 2 is 1.95 bits per heavy atom. The number of ether oxygens (including phenoxy) is 1. The van der Waals surface area contributed by atoms with E-state index < -0.39 is 10.0 Å². The highest BCUT2D eigenvalue weighted by molar-refractivity contribution is 7.92. The van der Waals surface area contributed by atoms with Crippen molar-refractivity contribution in [2.24, 2.45) is 0 Å². The van der Waals surface area contributed by atoms with Crippen LogP contribution in [0, 0.1) is 13.8 Å². The highest BCUT2D eigenvalue weighted by atomic mass is 32.2. The Labute approximate surface area is 131 Å². The second kappa shape index (κ2) is 6.00. The van der Waals surface area contributed by atoms with Gasteiger partial charge in [0.2, 0.25) is 0 Å². The van der Waals surface area contributed by atoms with E-state index in [4.69, 9.17) is 4.74 Å². The molecule has 1 heterocycles. The third-order valence-corrected chi connectivity index (χ3v) is 4.76. The number of aromatic nitrogens is 2. The average Bonchev–Trinajstić information content (AvgIpc) is 2.82. The first-order chi connectivity index (χ1) is 10.2. The van der Waals surface area contributed by atoms with Gasteiger partial charge in [-0.1, -0.05) is 6.07 Å². The van der Waals surface area contributed by atoms with Gasteiger partial charge in [-0.2, -0.15) is 5.10 Å². The summed E-state index contributed by atoms with van der Waals surface area (Å²) in [7, 11) is -2.21. The lowest BCUT2D eigenvalue weighted by Crippen LogP contribution is -2.14. The zero-order valence-corrected chi connectivity index (χ0v) is 14.2. The maximum Gasteiger partial charge on any atom is 0.265 e. The summed E-state index contributed by atoms with van der Waals surface area (Å²) in [6.45, 7) is 7.46. The molecule has 1 aromatic carbocycles. The summed E-state index contributed by atoms with van der Waals surface area (Å²) in [6, 6.07) is 5.42. The van der Waals surface area contributed by atoms with Crippen LogP contribution in [0.3, 0.4) is 0 Å². The van der Waals surface area contributed by atoms with Gasteiger partial charge in [-0.25, -0.2) is 8.42 Å². The predicted octanol–water partition coefficient (Wildman–Crippen LogP) is 2.89. The molecular formula is C15H21N3O3S. The van der Waals surface area contributed by atoms with Crippen molar-refractivity contribution in [3.63, 3.8) is 0 Å². The minimum absolute atomic E-state index is 0.0937. The van der Waals surface area contributed by atoms with Gasteiger partial charge in [0, 0.05) is 12.2 Å². The van der Waals surface area contributed by atoms with Gasteiger partial charge in [-0.3, -0.25) is 9.40 Å². The smallest absolute Gasteiger partial charge is 0.265 e. The number of hydrogen-bond acceptors (Lipinski definition) is 4. The maximum atomic E-state index is 12.6. The highest BCUT2D eigenvalue weighted by Gasteiger charge is 2.22. The molecule has 1 N–H and O–H groups in total. The van der Waals surface area contributed by atoms with E-state index in [2.05, 4.69) is 9.82 Å². The second-order valence-corrected chi connectivity index (χ2v) is 7.11. The van der Waals surface area contributed by atoms with E-state index in [0.29, 0.717) is 17.1 Å². The average molecular weight is 323 g/mol. The third-order valence-electron chi connectivity index (χ3n) is 3.29. The van der Waals surface area contributed by atoms with Crippen LogP contribution in [0.1, 0.15) is 31.1 Å². The molecule has 120 valence electrons. The molecule has 7 heteroatoms. The van der Waals surface area contributed by atoms with E-state index in [9.17, 15) is 8.42 Å². The number of nitrogens with zero attached hydrogens (tertiary/aromatic N) is 2. The fourth-order valence-corrected chi connectivity index (χ4v) is 3.33. The Bertz CT molecular complexity index is 779. The van der Waals surface area contributed by atoms with Crippen molar-refractivity contribution in [1.29, 1.82) is 0 Å². The van der Waals surface area contributed by atoms with Crippen LogP contribution in [-0.4, -0.2) is 25.3 Å². The van der Waals surface area contributed by atoms with Crippen LogP contribution in [0.25, 0.3) is 0 Å². The van der Waals surface area contributed by atoms with E-state index in [1.54, 1.807) is 29.9 Å². The van der Waals surface area contributed by atoms with Crippen LogP contribution < -0.4 is 9.46 Å². The number of hydrogen-bond donors (Lipinski definition) is 1. The standard InChI is InChI=1S/C15H21N3O3S/c1-10(2)18-9-15(12(4)16-18)22(19,20)17-13-8-11(3)6-7-14(13)21-5/h6-10,17H,1-5H3. The molecule has 0 amide bonds. The van der Waals surface area contributed by atoms with Gasteiger partial charge in [0.15, 0.2) is 0 Å². The molecule has 0 aliphatic rings. The van der Waals surface area contributed by atoms with Gasteiger partial charge in [-0.05, 0) is 45.4 Å². The van der Waals surface area contributed by atoms with Gasteiger partial charge in [-0.15, -0.1) is 0 Å². The Kier molecular flexibility index (Phi) is 4.46. The third kappa shape index (κ3) is 3.24. The Hall–Kier alpha value is -2.02. The summed E-state index contributed by atoms with van der Waals surface area (Å²) in [5, 5.41) is 4.24. The van der Waals surface area contributed by atoms with Crippen LogP contribution >= 0.6 is 0 Å². The lowest BCUT2D eigenvalue weighted by molar-refractivity contribution is 0.417. The summed E-state index contributed by atoms with van der Waals surface area (Å²) in [5.74, 6) is 0.475. The molecule has 2 rings (SSSR count). The van der Waals surface area contributed by atoms with Crippen LogP contribution in [0.15, 0.2) is 29.3 Å². The number of nitrogens with one attached hydrogen (secondary N) is 1. The lowest BCUT2D eigenvalue weighted by Gasteiger charge is -2.12. The largest absolute Gasteiger partial charge is 0.495 e. The number of methoxy groups -OCH3 is 1. The summed E-state index contributed by atoms with van der Waals surface area (Å²) in [5.41, 5.74) is 1.82. The van der Waals surface area contributed by atoms with Crippen molar-refractivity contribution in [2.45, 2.75) is 38.6 Å². The molecule has 1 aromatic heterocycles. The molecule has 0 aliphatic heterocycles. The van der Waals surface area contributed by atoms with Crippen LogP contribution in [0.2, 0.25) is 0 Å². The van der Waals surface area contributed by atoms with Gasteiger partial charge in [0.1, 0.15) is 10.6 Å². The SMILES string of the molecule is COc1ccc(C)cc1NS(=O)(=O)c1cn(C(C)C)nc1C. The molecule has 0 unspecified atom stereocenters. The molecule has 0 saturated heterocycles. The number of anilines is 1. The van der Waals surface area contributed by atoms with E-state index in [1.165, 1.54) is 7.11 Å². The first-order valence-corrected chi connectivity index (χ1v) is 8.46. The monoisotopic (exact) mass is 323 g/mol. The Balaban J connectivity index is 2.42. The summed E-state index contributed by atoms with van der Waals surface area (Å²) < 4.78 is 34.7. The molecule has 0 spiro atoms. The highest BCUT2D eigenvalue weighted by Crippen LogP contribution is 2.28. The first kappa shape index (κ1) is 16.4. The summed E-state index contributed by atoms with van der Waals surface area (Å²) >= 11 is 0. The molecule has 0 fully saturated rings. The van der Waals surface area contributed by atoms with E-state index in [0.717, 1.165) is 5.56 Å². The summed E-state index contributed by atoms with van der Waals surface area (Å²) in [6.07, 6.45) is 1.55. The molecule has 0 atom stereocenters. The van der Waals surface area contributed by atoms with Gasteiger partial charge < -0.3 is 4.74 Å². The Morgan fingerprint density at radius 3 is 2.50 bits per heavy atom. The molecule has 0 aliphatic carbocycles. The molecule has 6 nitrogen and oxygen atoms in total. The lowest BCUT2D eigenvalue weighted by atomic mass is 10.2. The fraction of sp³-hybridized carbons (Fsp3) is 0.400. The van der Waals surface area contributed by atoms with E-state index >= 15 is 0 Å². The van der Waals surface area contributed by atoms with Gasteiger partial charge in [0.05, 0.1) is 18.5 Å². The van der Waals surface area contributed by atoms with E-state index in [-0.39, 0.29) is 10.9 Å². The molecule has 0 saturated carbocycles. The Morgan fingerprint density at radius 1 is 1.27 bits per heavy atom. The van der Waals surface area contributed by atoms with Crippen LogP contribution in [-0.2, 0) is 10.0 Å². The predicted molar refractivity (Wildman–Crippen MR) is 85.9 cm³/mol. The second-order valence-electron chi connectivity index (χ2n) is 5.46. The number of sulfonamides is 1.